The van der Waals surface area contributed by atoms with Crippen molar-refractivity contribution in [3.63, 3.8) is 0 Å². The molecule has 0 saturated heterocycles. The van der Waals surface area contributed by atoms with Crippen molar-refractivity contribution in [3.05, 3.63) is 69.1 Å². The first-order valence-electron chi connectivity index (χ1n) is 9.40. The number of thioether (sulfide) groups is 1. The van der Waals surface area contributed by atoms with Crippen LogP contribution in [0.4, 0.5) is 10.8 Å². The molecule has 10 nitrogen and oxygen atoms in total. The number of anilines is 1. The number of nitro groups is 1. The van der Waals surface area contributed by atoms with Crippen LogP contribution >= 0.6 is 23.1 Å². The summed E-state index contributed by atoms with van der Waals surface area (Å²) in [5.41, 5.74) is 4.26. The number of rotatable bonds is 7. The van der Waals surface area contributed by atoms with Gasteiger partial charge < -0.3 is 5.32 Å². The van der Waals surface area contributed by atoms with Crippen molar-refractivity contribution < 1.29 is 9.72 Å². The quantitative estimate of drug-likeness (QED) is 0.245. The second kappa shape index (κ2) is 9.24. The lowest BCUT2D eigenvalue weighted by atomic mass is 10.1. The molecule has 4 rings (SSSR count). The van der Waals surface area contributed by atoms with E-state index >= 15 is 0 Å². The van der Waals surface area contributed by atoms with Crippen LogP contribution in [0.5, 0.6) is 0 Å². The Labute approximate surface area is 190 Å². The maximum absolute atomic E-state index is 12.4. The molecule has 2 aromatic carbocycles. The minimum atomic E-state index is -0.457. The third-order valence-electron chi connectivity index (χ3n) is 4.61. The fourth-order valence-electron chi connectivity index (χ4n) is 2.82. The standard InChI is InChI=1S/C20H17N7O3S2/c1-12-6-7-15(8-13(12)2)26-20(23-24-25-26)32-11-18(28)22-19-21-17(10-31-19)14-4-3-5-16(9-14)27(29)30/h3-10H,11H2,1-2H3,(H,21,22,28). The van der Waals surface area contributed by atoms with Gasteiger partial charge >= 0.3 is 0 Å². The maximum atomic E-state index is 12.4. The van der Waals surface area contributed by atoms with E-state index in [0.717, 1.165) is 11.3 Å². The Kier molecular flexibility index (Phi) is 6.23. The first-order chi connectivity index (χ1) is 15.4. The zero-order valence-electron chi connectivity index (χ0n) is 17.1. The number of amides is 1. The van der Waals surface area contributed by atoms with Gasteiger partial charge in [0.05, 0.1) is 22.1 Å². The number of benzene rings is 2. The highest BCUT2D eigenvalue weighted by Gasteiger charge is 2.14. The number of thiazole rings is 1. The van der Waals surface area contributed by atoms with Gasteiger partial charge in [0, 0.05) is 23.1 Å². The number of carbonyl (C=O) groups is 1. The summed E-state index contributed by atoms with van der Waals surface area (Å²) in [6.45, 7) is 4.04. The average Bonchev–Trinajstić information content (AvgIpc) is 3.44. The average molecular weight is 468 g/mol. The van der Waals surface area contributed by atoms with Crippen molar-refractivity contribution in [2.75, 3.05) is 11.1 Å². The number of nitrogens with zero attached hydrogens (tertiary/aromatic N) is 6. The van der Waals surface area contributed by atoms with Crippen molar-refractivity contribution in [2.45, 2.75) is 19.0 Å². The van der Waals surface area contributed by atoms with E-state index in [-0.39, 0.29) is 17.3 Å². The molecule has 1 N–H and O–H groups in total. The first kappa shape index (κ1) is 21.6. The zero-order valence-corrected chi connectivity index (χ0v) is 18.7. The Bertz CT molecular complexity index is 1300. The maximum Gasteiger partial charge on any atom is 0.270 e. The summed E-state index contributed by atoms with van der Waals surface area (Å²) >= 11 is 2.46. The van der Waals surface area contributed by atoms with Gasteiger partial charge in [0.25, 0.3) is 5.69 Å². The second-order valence-electron chi connectivity index (χ2n) is 6.82. The van der Waals surface area contributed by atoms with Gasteiger partial charge in [0.1, 0.15) is 0 Å². The third-order valence-corrected chi connectivity index (χ3v) is 6.29. The number of carbonyl (C=O) groups excluding carboxylic acids is 1. The molecule has 0 aliphatic heterocycles. The van der Waals surface area contributed by atoms with E-state index < -0.39 is 4.92 Å². The molecule has 0 spiro atoms. The minimum Gasteiger partial charge on any atom is -0.301 e. The summed E-state index contributed by atoms with van der Waals surface area (Å²) in [5.74, 6) is -0.165. The predicted molar refractivity (Wildman–Crippen MR) is 122 cm³/mol. The molecule has 0 bridgehead atoms. The monoisotopic (exact) mass is 467 g/mol. The topological polar surface area (TPSA) is 129 Å². The Morgan fingerprint density at radius 3 is 2.84 bits per heavy atom. The Morgan fingerprint density at radius 1 is 1.22 bits per heavy atom. The fourth-order valence-corrected chi connectivity index (χ4v) is 4.24. The van der Waals surface area contributed by atoms with Crippen LogP contribution in [0.1, 0.15) is 11.1 Å². The Hall–Kier alpha value is -3.64. The van der Waals surface area contributed by atoms with Gasteiger partial charge in [-0.3, -0.25) is 14.9 Å². The number of hydrogen-bond acceptors (Lipinski definition) is 9. The molecule has 0 saturated carbocycles. The highest BCUT2D eigenvalue weighted by Crippen LogP contribution is 2.28. The zero-order chi connectivity index (χ0) is 22.7. The van der Waals surface area contributed by atoms with E-state index in [1.54, 1.807) is 22.2 Å². The fraction of sp³-hybridized carbons (Fsp3) is 0.150. The van der Waals surface area contributed by atoms with Crippen LogP contribution in [0.2, 0.25) is 0 Å². The molecule has 0 atom stereocenters. The molecular weight excluding hydrogens is 450 g/mol. The molecule has 1 amide bonds. The number of hydrogen-bond donors (Lipinski definition) is 1. The van der Waals surface area contributed by atoms with Crippen molar-refractivity contribution in [3.8, 4) is 16.9 Å². The molecule has 12 heteroatoms. The van der Waals surface area contributed by atoms with Crippen LogP contribution < -0.4 is 5.32 Å². The number of nitrogens with one attached hydrogen (secondary N) is 1. The van der Waals surface area contributed by atoms with Crippen molar-refractivity contribution >= 4 is 39.8 Å². The summed E-state index contributed by atoms with van der Waals surface area (Å²) < 4.78 is 1.59. The van der Waals surface area contributed by atoms with Gasteiger partial charge in [-0.05, 0) is 47.5 Å². The highest BCUT2D eigenvalue weighted by molar-refractivity contribution is 7.99. The predicted octanol–water partition coefficient (Wildman–Crippen LogP) is 4.04. The van der Waals surface area contributed by atoms with E-state index in [1.807, 2.05) is 32.0 Å². The highest BCUT2D eigenvalue weighted by atomic mass is 32.2. The molecular formula is C20H17N7O3S2. The number of non-ortho nitro benzene ring substituents is 1. The number of aryl methyl sites for hydroxylation is 2. The largest absolute Gasteiger partial charge is 0.301 e. The molecule has 32 heavy (non-hydrogen) atoms. The Morgan fingerprint density at radius 2 is 2.06 bits per heavy atom. The lowest BCUT2D eigenvalue weighted by Crippen LogP contribution is -2.14. The second-order valence-corrected chi connectivity index (χ2v) is 8.62. The summed E-state index contributed by atoms with van der Waals surface area (Å²) in [6, 6.07) is 12.1. The van der Waals surface area contributed by atoms with Crippen LogP contribution in [0.25, 0.3) is 16.9 Å². The first-order valence-corrected chi connectivity index (χ1v) is 11.3. The van der Waals surface area contributed by atoms with Crippen molar-refractivity contribution in [1.29, 1.82) is 0 Å². The Balaban J connectivity index is 1.40. The SMILES string of the molecule is Cc1ccc(-n2nnnc2SCC(=O)Nc2nc(-c3cccc([N+](=O)[O-])c3)cs2)cc1C. The molecule has 0 aliphatic carbocycles. The minimum absolute atomic E-state index is 0.0148. The molecule has 2 heterocycles. The molecule has 0 unspecified atom stereocenters. The van der Waals surface area contributed by atoms with Crippen LogP contribution in [0.15, 0.2) is 53.0 Å². The smallest absolute Gasteiger partial charge is 0.270 e. The molecule has 0 aliphatic rings. The number of tetrazole rings is 1. The molecule has 162 valence electrons. The summed E-state index contributed by atoms with van der Waals surface area (Å²) in [6.07, 6.45) is 0. The van der Waals surface area contributed by atoms with Crippen LogP contribution in [-0.2, 0) is 4.79 Å². The van der Waals surface area contributed by atoms with Gasteiger partial charge in [-0.15, -0.1) is 16.4 Å². The van der Waals surface area contributed by atoms with Crippen LogP contribution in [0, 0.1) is 24.0 Å². The summed E-state index contributed by atoms with van der Waals surface area (Å²) in [7, 11) is 0. The molecule has 0 fully saturated rings. The molecule has 0 radical (unpaired) electrons. The summed E-state index contributed by atoms with van der Waals surface area (Å²) in [5, 5.41) is 28.1. The van der Waals surface area contributed by atoms with Gasteiger partial charge in [-0.2, -0.15) is 4.68 Å². The van der Waals surface area contributed by atoms with Gasteiger partial charge in [-0.25, -0.2) is 4.98 Å². The lowest BCUT2D eigenvalue weighted by Gasteiger charge is -2.07. The lowest BCUT2D eigenvalue weighted by molar-refractivity contribution is -0.384. The number of nitro benzene ring substituents is 1. The third kappa shape index (κ3) is 4.81. The van der Waals surface area contributed by atoms with Gasteiger partial charge in [-0.1, -0.05) is 30.0 Å². The van der Waals surface area contributed by atoms with Gasteiger partial charge in [0.2, 0.25) is 11.1 Å². The molecule has 2 aromatic heterocycles. The van der Waals surface area contributed by atoms with E-state index in [2.05, 4.69) is 25.8 Å². The number of aromatic nitrogens is 5. The van der Waals surface area contributed by atoms with Crippen LogP contribution in [0.3, 0.4) is 0 Å². The van der Waals surface area contributed by atoms with Crippen LogP contribution in [-0.4, -0.2) is 41.8 Å². The van der Waals surface area contributed by atoms with E-state index in [4.69, 9.17) is 0 Å². The van der Waals surface area contributed by atoms with Crippen molar-refractivity contribution in [2.24, 2.45) is 0 Å². The van der Waals surface area contributed by atoms with E-state index in [0.29, 0.717) is 21.5 Å². The molecule has 4 aromatic rings. The normalized spacial score (nSPS) is 10.8. The van der Waals surface area contributed by atoms with E-state index in [1.165, 1.54) is 40.8 Å². The van der Waals surface area contributed by atoms with E-state index in [9.17, 15) is 14.9 Å². The van der Waals surface area contributed by atoms with Crippen molar-refractivity contribution in [1.82, 2.24) is 25.2 Å². The summed E-state index contributed by atoms with van der Waals surface area (Å²) in [4.78, 5) is 27.3. The van der Waals surface area contributed by atoms with Gasteiger partial charge in [0.15, 0.2) is 5.13 Å².